The number of rotatable bonds is 9. The van der Waals surface area contributed by atoms with E-state index in [4.69, 9.17) is 55.9 Å². The molecule has 0 aliphatic rings. The van der Waals surface area contributed by atoms with E-state index in [-0.39, 0.29) is 28.2 Å². The van der Waals surface area contributed by atoms with Gasteiger partial charge in [-0.15, -0.1) is 0 Å². The summed E-state index contributed by atoms with van der Waals surface area (Å²) in [6.07, 6.45) is 0. The summed E-state index contributed by atoms with van der Waals surface area (Å²) in [6, 6.07) is 30.3. The number of ether oxygens (including phenoxy) is 2. The average molecular weight is 688 g/mol. The molecule has 0 aliphatic carbocycles. The lowest BCUT2D eigenvalue weighted by Crippen LogP contribution is -2.08. The number of carbonyl (C=O) groups is 4. The zero-order valence-corrected chi connectivity index (χ0v) is 26.4. The van der Waals surface area contributed by atoms with Crippen LogP contribution in [0.25, 0.3) is 32.7 Å². The van der Waals surface area contributed by atoms with Gasteiger partial charge in [0.2, 0.25) is 0 Å². The van der Waals surface area contributed by atoms with Crippen molar-refractivity contribution in [3.8, 4) is 34.1 Å². The summed E-state index contributed by atoms with van der Waals surface area (Å²) < 4.78 is 12.8. The molecule has 0 bridgehead atoms. The Labute approximate surface area is 282 Å². The molecule has 6 nitrogen and oxygen atoms in total. The van der Waals surface area contributed by atoms with Crippen LogP contribution in [0.4, 0.5) is 0 Å². The molecule has 6 rings (SSSR count). The molecule has 0 amide bonds. The van der Waals surface area contributed by atoms with Gasteiger partial charge in [-0.05, 0) is 123 Å². The third-order valence-corrected chi connectivity index (χ3v) is 8.13. The van der Waals surface area contributed by atoms with Crippen LogP contribution in [0.2, 0.25) is 0 Å². The maximum atomic E-state index is 13.2. The molecular formula is C36H18Cl4O6. The summed E-state index contributed by atoms with van der Waals surface area (Å²) in [5, 5.41) is -0.730. The van der Waals surface area contributed by atoms with Crippen molar-refractivity contribution < 1.29 is 28.7 Å². The first-order valence-electron chi connectivity index (χ1n) is 13.6. The van der Waals surface area contributed by atoms with Crippen molar-refractivity contribution in [2.24, 2.45) is 0 Å². The van der Waals surface area contributed by atoms with E-state index in [2.05, 4.69) is 0 Å². The van der Waals surface area contributed by atoms with Crippen LogP contribution in [0.15, 0.2) is 109 Å². The molecule has 226 valence electrons. The van der Waals surface area contributed by atoms with Crippen LogP contribution in [0, 0.1) is 0 Å². The summed E-state index contributed by atoms with van der Waals surface area (Å²) in [5.41, 5.74) is 1.04. The second kappa shape index (κ2) is 12.9. The number of hydrogen-bond donors (Lipinski definition) is 0. The molecule has 0 fully saturated rings. The Hall–Kier alpha value is -4.72. The lowest BCUT2D eigenvalue weighted by Gasteiger charge is -2.22. The predicted molar refractivity (Wildman–Crippen MR) is 181 cm³/mol. The van der Waals surface area contributed by atoms with Gasteiger partial charge in [0.25, 0.3) is 21.0 Å². The SMILES string of the molecule is O=C(Cl)c1ccc(Oc2ccc3ccccc3c2-c2c(Oc3ccc(C(=O)Cl)cc3)c(C(=O)Cl)c(C(=O)Cl)c3ccccc23)cc1. The molecule has 0 N–H and O–H groups in total. The Kier molecular flexibility index (Phi) is 8.80. The summed E-state index contributed by atoms with van der Waals surface area (Å²) in [7, 11) is 0. The predicted octanol–water partition coefficient (Wildman–Crippen LogP) is 10.8. The molecule has 0 unspecified atom stereocenters. The molecule has 0 aliphatic heterocycles. The van der Waals surface area contributed by atoms with Gasteiger partial charge in [-0.25, -0.2) is 0 Å². The molecule has 6 aromatic carbocycles. The summed E-state index contributed by atoms with van der Waals surface area (Å²) in [5.74, 6) is 0.915. The number of benzene rings is 6. The molecule has 0 saturated carbocycles. The van der Waals surface area contributed by atoms with E-state index >= 15 is 0 Å². The van der Waals surface area contributed by atoms with E-state index in [0.29, 0.717) is 39.0 Å². The maximum absolute atomic E-state index is 13.2. The average Bonchev–Trinajstić information content (AvgIpc) is 3.04. The summed E-state index contributed by atoms with van der Waals surface area (Å²) >= 11 is 23.6. The van der Waals surface area contributed by atoms with Gasteiger partial charge in [-0.3, -0.25) is 19.2 Å². The van der Waals surface area contributed by atoms with Crippen molar-refractivity contribution in [1.82, 2.24) is 0 Å². The van der Waals surface area contributed by atoms with Crippen molar-refractivity contribution in [1.29, 1.82) is 0 Å². The minimum atomic E-state index is -0.984. The second-order valence-corrected chi connectivity index (χ2v) is 11.4. The Balaban J connectivity index is 1.72. The van der Waals surface area contributed by atoms with E-state index in [9.17, 15) is 19.2 Å². The van der Waals surface area contributed by atoms with E-state index in [1.54, 1.807) is 42.5 Å². The lowest BCUT2D eigenvalue weighted by atomic mass is 9.87. The quantitative estimate of drug-likeness (QED) is 0.141. The highest BCUT2D eigenvalue weighted by atomic mass is 35.5. The van der Waals surface area contributed by atoms with Crippen molar-refractivity contribution >= 4 is 88.9 Å². The van der Waals surface area contributed by atoms with Crippen molar-refractivity contribution in [3.63, 3.8) is 0 Å². The Morgan fingerprint density at radius 3 is 1.48 bits per heavy atom. The number of carbonyl (C=O) groups excluding carboxylic acids is 4. The summed E-state index contributed by atoms with van der Waals surface area (Å²) in [6.45, 7) is 0. The third kappa shape index (κ3) is 5.96. The fourth-order valence-electron chi connectivity index (χ4n) is 5.30. The van der Waals surface area contributed by atoms with Gasteiger partial charge in [-0.1, -0.05) is 54.6 Å². The molecule has 0 spiro atoms. The van der Waals surface area contributed by atoms with Gasteiger partial charge in [0, 0.05) is 22.3 Å². The molecule has 6 aromatic rings. The van der Waals surface area contributed by atoms with Gasteiger partial charge in [0.1, 0.15) is 23.0 Å². The van der Waals surface area contributed by atoms with Crippen LogP contribution in [-0.2, 0) is 0 Å². The van der Waals surface area contributed by atoms with Crippen molar-refractivity contribution in [2.75, 3.05) is 0 Å². The highest BCUT2D eigenvalue weighted by Gasteiger charge is 2.31. The standard InChI is InChI=1S/C36H18Cl4O6/c37-33(41)20-9-14-22(15-10-20)45-27-18-13-19-5-1-2-6-24(19)28(27)29-25-7-3-4-8-26(25)30(35(39)43)31(36(40)44)32(29)46-23-16-11-21(12-17-23)34(38)42/h1-18H. The molecule has 0 heterocycles. The van der Waals surface area contributed by atoms with Gasteiger partial charge >= 0.3 is 0 Å². The van der Waals surface area contributed by atoms with Crippen LogP contribution in [0.3, 0.4) is 0 Å². The van der Waals surface area contributed by atoms with Crippen molar-refractivity contribution in [2.45, 2.75) is 0 Å². The molecule has 0 aromatic heterocycles. The van der Waals surface area contributed by atoms with Crippen molar-refractivity contribution in [3.05, 3.63) is 131 Å². The monoisotopic (exact) mass is 686 g/mol. The van der Waals surface area contributed by atoms with Crippen LogP contribution in [0.5, 0.6) is 23.0 Å². The zero-order valence-electron chi connectivity index (χ0n) is 23.4. The Bertz CT molecular complexity index is 2210. The highest BCUT2D eigenvalue weighted by Crippen LogP contribution is 2.51. The van der Waals surface area contributed by atoms with Crippen LogP contribution in [0.1, 0.15) is 41.4 Å². The van der Waals surface area contributed by atoms with Crippen LogP contribution in [-0.4, -0.2) is 21.0 Å². The fraction of sp³-hybridized carbons (Fsp3) is 0. The molecule has 0 radical (unpaired) electrons. The number of hydrogen-bond acceptors (Lipinski definition) is 6. The maximum Gasteiger partial charge on any atom is 0.256 e. The first-order valence-corrected chi connectivity index (χ1v) is 15.1. The minimum absolute atomic E-state index is 0.0584. The van der Waals surface area contributed by atoms with Crippen LogP contribution < -0.4 is 9.47 Å². The van der Waals surface area contributed by atoms with E-state index in [1.807, 2.05) is 30.3 Å². The third-order valence-electron chi connectivity index (χ3n) is 7.31. The van der Waals surface area contributed by atoms with Gasteiger partial charge < -0.3 is 9.47 Å². The fourth-order valence-corrected chi connectivity index (χ4v) is 5.93. The summed E-state index contributed by atoms with van der Waals surface area (Å²) in [4.78, 5) is 49.5. The Morgan fingerprint density at radius 2 is 0.935 bits per heavy atom. The Morgan fingerprint density at radius 1 is 0.435 bits per heavy atom. The minimum Gasteiger partial charge on any atom is -0.457 e. The number of halogens is 4. The normalized spacial score (nSPS) is 11.0. The molecule has 0 saturated heterocycles. The zero-order chi connectivity index (χ0) is 32.5. The van der Waals surface area contributed by atoms with E-state index in [1.165, 1.54) is 36.4 Å². The van der Waals surface area contributed by atoms with Gasteiger partial charge in [0.05, 0.1) is 11.1 Å². The van der Waals surface area contributed by atoms with Gasteiger partial charge in [0.15, 0.2) is 0 Å². The molecule has 10 heteroatoms. The van der Waals surface area contributed by atoms with Gasteiger partial charge in [-0.2, -0.15) is 0 Å². The van der Waals surface area contributed by atoms with Crippen LogP contribution >= 0.6 is 46.4 Å². The number of fused-ring (bicyclic) bond motifs is 2. The smallest absolute Gasteiger partial charge is 0.256 e. The van der Waals surface area contributed by atoms with E-state index < -0.39 is 21.0 Å². The topological polar surface area (TPSA) is 86.7 Å². The second-order valence-electron chi connectivity index (χ2n) is 10.0. The molecule has 46 heavy (non-hydrogen) atoms. The molecular weight excluding hydrogens is 670 g/mol. The highest BCUT2D eigenvalue weighted by molar-refractivity contribution is 6.73. The van der Waals surface area contributed by atoms with E-state index in [0.717, 1.165) is 10.8 Å². The molecule has 0 atom stereocenters. The first-order chi connectivity index (χ1) is 22.1. The lowest BCUT2D eigenvalue weighted by molar-refractivity contribution is 0.105. The first kappa shape index (κ1) is 31.3. The largest absolute Gasteiger partial charge is 0.457 e.